The van der Waals surface area contributed by atoms with Crippen molar-refractivity contribution >= 4 is 17.6 Å². The van der Waals surface area contributed by atoms with Gasteiger partial charge in [0.1, 0.15) is 5.82 Å². The van der Waals surface area contributed by atoms with E-state index in [1.807, 2.05) is 26.1 Å². The first-order chi connectivity index (χ1) is 14.9. The van der Waals surface area contributed by atoms with Gasteiger partial charge in [-0.1, -0.05) is 19.1 Å². The van der Waals surface area contributed by atoms with Gasteiger partial charge in [-0.15, -0.1) is 0 Å². The lowest BCUT2D eigenvalue weighted by atomic mass is 9.88. The molecule has 31 heavy (non-hydrogen) atoms. The van der Waals surface area contributed by atoms with Crippen LogP contribution in [0.5, 0.6) is 0 Å². The van der Waals surface area contributed by atoms with Crippen LogP contribution in [0.2, 0.25) is 0 Å². The number of aromatic nitrogens is 1. The fourth-order valence-electron chi connectivity index (χ4n) is 4.59. The van der Waals surface area contributed by atoms with Gasteiger partial charge in [0.15, 0.2) is 0 Å². The van der Waals surface area contributed by atoms with Gasteiger partial charge in [-0.05, 0) is 48.6 Å². The first kappa shape index (κ1) is 20.9. The number of aryl methyl sites for hydroxylation is 2. The molecule has 0 radical (unpaired) electrons. The zero-order valence-electron chi connectivity index (χ0n) is 18.2. The number of rotatable bonds is 3. The van der Waals surface area contributed by atoms with Gasteiger partial charge in [-0.2, -0.15) is 5.26 Å². The van der Waals surface area contributed by atoms with E-state index < -0.39 is 0 Å². The number of nitrogens with zero attached hydrogens (tertiary/aromatic N) is 4. The molecule has 1 N–H and O–H groups in total. The smallest absolute Gasteiger partial charge is 0.255 e. The average Bonchev–Trinajstić information content (AvgIpc) is 3.11. The van der Waals surface area contributed by atoms with Crippen LogP contribution in [0.15, 0.2) is 30.5 Å². The van der Waals surface area contributed by atoms with Crippen LogP contribution in [0.25, 0.3) is 0 Å². The van der Waals surface area contributed by atoms with E-state index in [-0.39, 0.29) is 23.7 Å². The molecule has 7 nitrogen and oxygen atoms in total. The molecule has 3 heterocycles. The molecule has 4 rings (SSSR count). The van der Waals surface area contributed by atoms with E-state index in [0.29, 0.717) is 43.9 Å². The molecule has 2 aliphatic heterocycles. The highest BCUT2D eigenvalue weighted by atomic mass is 16.2. The molecule has 0 bridgehead atoms. The summed E-state index contributed by atoms with van der Waals surface area (Å²) in [7, 11) is 0. The van der Waals surface area contributed by atoms with E-state index in [1.54, 1.807) is 17.0 Å². The third kappa shape index (κ3) is 3.98. The van der Waals surface area contributed by atoms with Crippen LogP contribution < -0.4 is 10.2 Å². The number of carbonyl (C=O) groups excluding carboxylic acids is 2. The van der Waals surface area contributed by atoms with E-state index in [4.69, 9.17) is 0 Å². The number of hydrogen-bond donors (Lipinski definition) is 1. The first-order valence-corrected chi connectivity index (χ1v) is 10.7. The maximum absolute atomic E-state index is 13.2. The third-order valence-corrected chi connectivity index (χ3v) is 6.26. The van der Waals surface area contributed by atoms with Gasteiger partial charge in [0, 0.05) is 38.9 Å². The summed E-state index contributed by atoms with van der Waals surface area (Å²) >= 11 is 0. The molecular formula is C24H27N5O2. The molecule has 1 aromatic carbocycles. The van der Waals surface area contributed by atoms with Crippen molar-refractivity contribution < 1.29 is 9.59 Å². The van der Waals surface area contributed by atoms with Gasteiger partial charge in [0.2, 0.25) is 5.91 Å². The molecule has 0 saturated carbocycles. The van der Waals surface area contributed by atoms with Crippen molar-refractivity contribution in [2.75, 3.05) is 37.6 Å². The Hall–Kier alpha value is -3.40. The Bertz CT molecular complexity index is 1070. The van der Waals surface area contributed by atoms with Crippen molar-refractivity contribution in [2.24, 2.45) is 5.92 Å². The van der Waals surface area contributed by atoms with Gasteiger partial charge in [0.05, 0.1) is 23.1 Å². The Kier molecular flexibility index (Phi) is 5.64. The number of anilines is 1. The van der Waals surface area contributed by atoms with E-state index in [0.717, 1.165) is 22.5 Å². The second-order valence-electron chi connectivity index (χ2n) is 8.55. The van der Waals surface area contributed by atoms with Crippen LogP contribution in [0.4, 0.5) is 5.82 Å². The summed E-state index contributed by atoms with van der Waals surface area (Å²) in [5.41, 5.74) is 3.78. The van der Waals surface area contributed by atoms with E-state index in [1.165, 1.54) is 0 Å². The maximum Gasteiger partial charge on any atom is 0.255 e. The summed E-state index contributed by atoms with van der Waals surface area (Å²) in [6.07, 6.45) is 1.87. The van der Waals surface area contributed by atoms with Gasteiger partial charge in [-0.3, -0.25) is 9.59 Å². The standard InChI is InChI=1S/C24H27N5O2/c1-15-10-16(2)22(26-13-15)28-6-8-29(9-7-28)24(31)20-5-4-18(11-19(20)12-25)21-17(3)14-27-23(21)30/h4-5,10-11,13,17,21H,6-9,14H2,1-3H3,(H,27,30)/t17?,21-/m1/s1. The molecule has 2 amide bonds. The molecule has 1 unspecified atom stereocenters. The SMILES string of the molecule is Cc1cnc(N2CCN(C(=O)c3ccc([C@@H]4C(=O)NCC4C)cc3C#N)CC2)c(C)c1. The van der Waals surface area contributed by atoms with Crippen LogP contribution in [0.1, 0.15) is 45.5 Å². The number of nitrogens with one attached hydrogen (secondary N) is 1. The Balaban J connectivity index is 1.49. The van der Waals surface area contributed by atoms with Crippen LogP contribution in [0.3, 0.4) is 0 Å². The molecule has 160 valence electrons. The third-order valence-electron chi connectivity index (χ3n) is 6.26. The minimum absolute atomic E-state index is 0.0217. The van der Waals surface area contributed by atoms with E-state index in [9.17, 15) is 14.9 Å². The van der Waals surface area contributed by atoms with Gasteiger partial charge >= 0.3 is 0 Å². The summed E-state index contributed by atoms with van der Waals surface area (Å²) in [6.45, 7) is 9.26. The lowest BCUT2D eigenvalue weighted by Crippen LogP contribution is -2.49. The minimum Gasteiger partial charge on any atom is -0.355 e. The van der Waals surface area contributed by atoms with Crippen LogP contribution in [0, 0.1) is 31.1 Å². The predicted molar refractivity (Wildman–Crippen MR) is 118 cm³/mol. The molecule has 2 atom stereocenters. The van der Waals surface area contributed by atoms with Gasteiger partial charge in [-0.25, -0.2) is 4.98 Å². The van der Waals surface area contributed by atoms with E-state index in [2.05, 4.69) is 34.3 Å². The van der Waals surface area contributed by atoms with Gasteiger partial charge in [0.25, 0.3) is 5.91 Å². The lowest BCUT2D eigenvalue weighted by molar-refractivity contribution is -0.120. The Morgan fingerprint density at radius 2 is 1.94 bits per heavy atom. The number of hydrogen-bond acceptors (Lipinski definition) is 5. The summed E-state index contributed by atoms with van der Waals surface area (Å²) in [4.78, 5) is 33.9. The highest BCUT2D eigenvalue weighted by Crippen LogP contribution is 2.30. The molecular weight excluding hydrogens is 390 g/mol. The zero-order chi connectivity index (χ0) is 22.1. The highest BCUT2D eigenvalue weighted by Gasteiger charge is 2.33. The normalized spacial score (nSPS) is 21.0. The van der Waals surface area contributed by atoms with E-state index >= 15 is 0 Å². The van der Waals surface area contributed by atoms with Crippen molar-refractivity contribution in [3.8, 4) is 6.07 Å². The molecule has 2 aliphatic rings. The summed E-state index contributed by atoms with van der Waals surface area (Å²) in [5.74, 6) is 0.688. The highest BCUT2D eigenvalue weighted by molar-refractivity contribution is 5.97. The summed E-state index contributed by atoms with van der Waals surface area (Å²) < 4.78 is 0. The second kappa shape index (κ2) is 8.38. The second-order valence-corrected chi connectivity index (χ2v) is 8.55. The molecule has 7 heteroatoms. The lowest BCUT2D eigenvalue weighted by Gasteiger charge is -2.36. The molecule has 2 fully saturated rings. The zero-order valence-corrected chi connectivity index (χ0v) is 18.2. The first-order valence-electron chi connectivity index (χ1n) is 10.7. The fourth-order valence-corrected chi connectivity index (χ4v) is 4.59. The van der Waals surface area contributed by atoms with Crippen LogP contribution in [-0.2, 0) is 4.79 Å². The minimum atomic E-state index is -0.273. The maximum atomic E-state index is 13.2. The number of nitriles is 1. The van der Waals surface area contributed by atoms with Crippen molar-refractivity contribution in [3.05, 3.63) is 58.3 Å². The molecule has 0 aliphatic carbocycles. The van der Waals surface area contributed by atoms with Crippen molar-refractivity contribution in [1.29, 1.82) is 5.26 Å². The summed E-state index contributed by atoms with van der Waals surface area (Å²) in [6, 6.07) is 9.49. The number of pyridine rings is 1. The Morgan fingerprint density at radius 1 is 1.19 bits per heavy atom. The fraction of sp³-hybridized carbons (Fsp3) is 0.417. The number of piperazine rings is 1. The topological polar surface area (TPSA) is 89.3 Å². The number of amides is 2. The predicted octanol–water partition coefficient (Wildman–Crippen LogP) is 2.38. The molecule has 0 spiro atoms. The number of benzene rings is 1. The monoisotopic (exact) mass is 417 g/mol. The van der Waals surface area contributed by atoms with Crippen molar-refractivity contribution in [1.82, 2.24) is 15.2 Å². The van der Waals surface area contributed by atoms with Crippen LogP contribution in [-0.4, -0.2) is 54.4 Å². The van der Waals surface area contributed by atoms with Crippen LogP contribution >= 0.6 is 0 Å². The van der Waals surface area contributed by atoms with Crippen molar-refractivity contribution in [3.63, 3.8) is 0 Å². The quantitative estimate of drug-likeness (QED) is 0.828. The number of carbonyl (C=O) groups is 2. The van der Waals surface area contributed by atoms with Crippen molar-refractivity contribution in [2.45, 2.75) is 26.7 Å². The Morgan fingerprint density at radius 3 is 2.55 bits per heavy atom. The van der Waals surface area contributed by atoms with Gasteiger partial charge < -0.3 is 15.1 Å². The molecule has 2 saturated heterocycles. The molecule has 1 aromatic heterocycles. The molecule has 2 aromatic rings. The largest absolute Gasteiger partial charge is 0.355 e. The summed E-state index contributed by atoms with van der Waals surface area (Å²) in [5, 5.41) is 12.5. The Labute approximate surface area is 182 Å². The average molecular weight is 418 g/mol.